The van der Waals surface area contributed by atoms with Gasteiger partial charge < -0.3 is 10.1 Å². The van der Waals surface area contributed by atoms with Crippen LogP contribution in [0, 0.1) is 10.1 Å². The summed E-state index contributed by atoms with van der Waals surface area (Å²) >= 11 is 3.16. The van der Waals surface area contributed by atoms with E-state index in [-0.39, 0.29) is 23.5 Å². The molecule has 8 heteroatoms. The van der Waals surface area contributed by atoms with Crippen LogP contribution in [0.2, 0.25) is 0 Å². The van der Waals surface area contributed by atoms with Crippen molar-refractivity contribution in [2.45, 2.75) is 18.9 Å². The fourth-order valence-electron chi connectivity index (χ4n) is 1.60. The van der Waals surface area contributed by atoms with E-state index in [1.165, 1.54) is 6.07 Å². The Bertz CT molecular complexity index is 494. The summed E-state index contributed by atoms with van der Waals surface area (Å²) in [6.45, 7) is 0.301. The van der Waals surface area contributed by atoms with Gasteiger partial charge in [-0.3, -0.25) is 14.9 Å². The zero-order valence-electron chi connectivity index (χ0n) is 9.26. The number of halogens is 1. The number of ether oxygens (including phenoxy) is 1. The van der Waals surface area contributed by atoms with Crippen molar-refractivity contribution in [2.24, 2.45) is 0 Å². The molecular formula is C10H10BrN3O4. The SMILES string of the molecule is O=C1CCC(COc2ncc([N+](=O)[O-])cc2Br)N1. The molecule has 0 saturated carbocycles. The lowest BCUT2D eigenvalue weighted by Crippen LogP contribution is -2.31. The van der Waals surface area contributed by atoms with Crippen molar-refractivity contribution in [3.05, 3.63) is 26.9 Å². The van der Waals surface area contributed by atoms with Crippen LogP contribution in [0.4, 0.5) is 5.69 Å². The third-order valence-corrected chi connectivity index (χ3v) is 3.08. The van der Waals surface area contributed by atoms with Gasteiger partial charge in [0.05, 0.1) is 15.4 Å². The maximum atomic E-state index is 11.0. The van der Waals surface area contributed by atoms with E-state index in [1.807, 2.05) is 0 Å². The summed E-state index contributed by atoms with van der Waals surface area (Å²) in [5.41, 5.74) is -0.108. The van der Waals surface area contributed by atoms with Gasteiger partial charge in [-0.2, -0.15) is 0 Å². The molecule has 0 aliphatic carbocycles. The Morgan fingerprint density at radius 3 is 3.00 bits per heavy atom. The lowest BCUT2D eigenvalue weighted by Gasteiger charge is -2.11. The summed E-state index contributed by atoms with van der Waals surface area (Å²) in [5, 5.41) is 13.3. The van der Waals surface area contributed by atoms with Gasteiger partial charge in [0.1, 0.15) is 12.8 Å². The van der Waals surface area contributed by atoms with Crippen LogP contribution >= 0.6 is 15.9 Å². The molecule has 1 N–H and O–H groups in total. The first-order chi connectivity index (χ1) is 8.56. The molecule has 7 nitrogen and oxygen atoms in total. The Kier molecular flexibility index (Phi) is 3.75. The van der Waals surface area contributed by atoms with Gasteiger partial charge in [0.2, 0.25) is 11.8 Å². The molecule has 1 aliphatic heterocycles. The lowest BCUT2D eigenvalue weighted by atomic mass is 10.2. The van der Waals surface area contributed by atoms with Crippen LogP contribution in [0.1, 0.15) is 12.8 Å². The summed E-state index contributed by atoms with van der Waals surface area (Å²) in [6, 6.07) is 1.30. The van der Waals surface area contributed by atoms with E-state index in [4.69, 9.17) is 4.74 Å². The number of nitro groups is 1. The number of carbonyl (C=O) groups is 1. The van der Waals surface area contributed by atoms with Crippen LogP contribution in [-0.4, -0.2) is 28.5 Å². The molecule has 1 unspecified atom stereocenters. The first-order valence-electron chi connectivity index (χ1n) is 5.28. The summed E-state index contributed by atoms with van der Waals surface area (Å²) in [4.78, 5) is 24.8. The first-order valence-corrected chi connectivity index (χ1v) is 6.07. The van der Waals surface area contributed by atoms with Gasteiger partial charge in [-0.1, -0.05) is 0 Å². The van der Waals surface area contributed by atoms with Crippen molar-refractivity contribution in [1.82, 2.24) is 10.3 Å². The molecule has 2 heterocycles. The maximum Gasteiger partial charge on any atom is 0.288 e. The quantitative estimate of drug-likeness (QED) is 0.669. The molecule has 0 aromatic carbocycles. The van der Waals surface area contributed by atoms with Gasteiger partial charge in [0, 0.05) is 12.5 Å². The molecule has 1 aliphatic rings. The third kappa shape index (κ3) is 2.95. The molecule has 0 spiro atoms. The lowest BCUT2D eigenvalue weighted by molar-refractivity contribution is -0.385. The first kappa shape index (κ1) is 12.7. The van der Waals surface area contributed by atoms with Crippen LogP contribution in [0.15, 0.2) is 16.7 Å². The fourth-order valence-corrected chi connectivity index (χ4v) is 2.05. The van der Waals surface area contributed by atoms with Gasteiger partial charge >= 0.3 is 0 Å². The van der Waals surface area contributed by atoms with Crippen molar-refractivity contribution in [1.29, 1.82) is 0 Å². The van der Waals surface area contributed by atoms with Gasteiger partial charge in [-0.25, -0.2) is 4.98 Å². The molecular weight excluding hydrogens is 306 g/mol. The predicted octanol–water partition coefficient (Wildman–Crippen LogP) is 1.41. The maximum absolute atomic E-state index is 11.0. The molecule has 1 aromatic rings. The zero-order valence-corrected chi connectivity index (χ0v) is 10.8. The van der Waals surface area contributed by atoms with Gasteiger partial charge in [0.25, 0.3) is 5.69 Å². The Labute approximate surface area is 111 Å². The molecule has 1 atom stereocenters. The van der Waals surface area contributed by atoms with Crippen molar-refractivity contribution in [3.8, 4) is 5.88 Å². The summed E-state index contributed by atoms with van der Waals surface area (Å²) in [5.74, 6) is 0.293. The largest absolute Gasteiger partial charge is 0.475 e. The highest BCUT2D eigenvalue weighted by molar-refractivity contribution is 9.10. The smallest absolute Gasteiger partial charge is 0.288 e. The number of carbonyl (C=O) groups excluding carboxylic acids is 1. The average molecular weight is 316 g/mol. The molecule has 18 heavy (non-hydrogen) atoms. The number of nitrogens with one attached hydrogen (secondary N) is 1. The van der Waals surface area contributed by atoms with E-state index in [1.54, 1.807) is 0 Å². The fraction of sp³-hybridized carbons (Fsp3) is 0.400. The Morgan fingerprint density at radius 2 is 2.44 bits per heavy atom. The normalized spacial score (nSPS) is 18.5. The standard InChI is InChI=1S/C10H10BrN3O4/c11-8-3-7(14(16)17)4-12-10(8)18-5-6-1-2-9(15)13-6/h3-4,6H,1-2,5H2,(H,13,15). The molecule has 1 amide bonds. The van der Waals surface area contributed by atoms with Crippen molar-refractivity contribution in [3.63, 3.8) is 0 Å². The third-order valence-electron chi connectivity index (χ3n) is 2.51. The summed E-state index contributed by atoms with van der Waals surface area (Å²) in [7, 11) is 0. The molecule has 0 bridgehead atoms. The minimum absolute atomic E-state index is 0.0133. The van der Waals surface area contributed by atoms with Crippen LogP contribution < -0.4 is 10.1 Å². The molecule has 96 valence electrons. The molecule has 1 aromatic heterocycles. The number of hydrogen-bond donors (Lipinski definition) is 1. The molecule has 1 fully saturated rings. The van der Waals surface area contributed by atoms with Crippen LogP contribution in [-0.2, 0) is 4.79 Å². The zero-order chi connectivity index (χ0) is 13.1. The minimum Gasteiger partial charge on any atom is -0.475 e. The predicted molar refractivity (Wildman–Crippen MR) is 65.3 cm³/mol. The number of aromatic nitrogens is 1. The van der Waals surface area contributed by atoms with Gasteiger partial charge in [-0.15, -0.1) is 0 Å². The number of amides is 1. The van der Waals surface area contributed by atoms with Crippen molar-refractivity contribution >= 4 is 27.5 Å². The van der Waals surface area contributed by atoms with Gasteiger partial charge in [-0.05, 0) is 22.4 Å². The van der Waals surface area contributed by atoms with Gasteiger partial charge in [0.15, 0.2) is 0 Å². The highest BCUT2D eigenvalue weighted by Gasteiger charge is 2.22. The van der Waals surface area contributed by atoms with E-state index < -0.39 is 4.92 Å². The van der Waals surface area contributed by atoms with E-state index in [9.17, 15) is 14.9 Å². The second kappa shape index (κ2) is 5.30. The Hall–Kier alpha value is -1.70. The van der Waals surface area contributed by atoms with E-state index >= 15 is 0 Å². The monoisotopic (exact) mass is 315 g/mol. The van der Waals surface area contributed by atoms with E-state index in [0.717, 1.165) is 12.6 Å². The molecule has 1 saturated heterocycles. The summed E-state index contributed by atoms with van der Waals surface area (Å²) < 4.78 is 5.83. The number of nitrogens with zero attached hydrogens (tertiary/aromatic N) is 2. The highest BCUT2D eigenvalue weighted by Crippen LogP contribution is 2.26. The van der Waals surface area contributed by atoms with E-state index in [0.29, 0.717) is 17.5 Å². The number of pyridine rings is 1. The number of rotatable bonds is 4. The highest BCUT2D eigenvalue weighted by atomic mass is 79.9. The second-order valence-electron chi connectivity index (χ2n) is 3.85. The van der Waals surface area contributed by atoms with Crippen molar-refractivity contribution < 1.29 is 14.5 Å². The minimum atomic E-state index is -0.529. The Morgan fingerprint density at radius 1 is 1.67 bits per heavy atom. The second-order valence-corrected chi connectivity index (χ2v) is 4.71. The van der Waals surface area contributed by atoms with Crippen LogP contribution in [0.25, 0.3) is 0 Å². The average Bonchev–Trinajstić information content (AvgIpc) is 2.73. The molecule has 0 radical (unpaired) electrons. The topological polar surface area (TPSA) is 94.4 Å². The van der Waals surface area contributed by atoms with Crippen LogP contribution in [0.3, 0.4) is 0 Å². The summed E-state index contributed by atoms with van der Waals surface area (Å²) in [6.07, 6.45) is 2.36. The van der Waals surface area contributed by atoms with E-state index in [2.05, 4.69) is 26.2 Å². The Balaban J connectivity index is 1.97. The van der Waals surface area contributed by atoms with Crippen LogP contribution in [0.5, 0.6) is 5.88 Å². The molecule has 2 rings (SSSR count). The van der Waals surface area contributed by atoms with Crippen molar-refractivity contribution in [2.75, 3.05) is 6.61 Å². The number of hydrogen-bond acceptors (Lipinski definition) is 5.